The summed E-state index contributed by atoms with van der Waals surface area (Å²) in [5.41, 5.74) is 15.0. The van der Waals surface area contributed by atoms with Crippen LogP contribution in [0, 0.1) is 6.92 Å². The van der Waals surface area contributed by atoms with E-state index in [1.807, 2.05) is 12.3 Å². The number of aryl methyl sites for hydroxylation is 1. The average molecular weight is 189 g/mol. The molecule has 0 radical (unpaired) electrons. The normalized spacial score (nSPS) is 13.4. The summed E-state index contributed by atoms with van der Waals surface area (Å²) in [5, 5.41) is 1.18. The van der Waals surface area contributed by atoms with Crippen LogP contribution < -0.4 is 11.5 Å². The number of aromatic amines is 1. The van der Waals surface area contributed by atoms with Crippen molar-refractivity contribution < 1.29 is 0 Å². The first-order valence-electron chi connectivity index (χ1n) is 4.76. The summed E-state index contributed by atoms with van der Waals surface area (Å²) in [6, 6.07) is 6.11. The van der Waals surface area contributed by atoms with Crippen LogP contribution >= 0.6 is 0 Å². The second-order valence-corrected chi connectivity index (χ2v) is 3.58. The molecule has 0 spiro atoms. The van der Waals surface area contributed by atoms with Gasteiger partial charge in [-0.05, 0) is 18.1 Å². The number of benzene rings is 1. The first-order chi connectivity index (χ1) is 6.74. The highest BCUT2D eigenvalue weighted by Gasteiger charge is 2.10. The molecule has 0 aliphatic heterocycles. The van der Waals surface area contributed by atoms with Crippen molar-refractivity contribution in [3.05, 3.63) is 35.5 Å². The number of aromatic nitrogens is 1. The summed E-state index contributed by atoms with van der Waals surface area (Å²) in [6.45, 7) is 2.55. The molecule has 3 nitrogen and oxygen atoms in total. The predicted octanol–water partition coefficient (Wildman–Crippen LogP) is 1.43. The third-order valence-corrected chi connectivity index (χ3v) is 2.61. The molecule has 0 fully saturated rings. The molecule has 1 atom stereocenters. The van der Waals surface area contributed by atoms with E-state index >= 15 is 0 Å². The zero-order valence-corrected chi connectivity index (χ0v) is 8.25. The number of fused-ring (bicyclic) bond motifs is 1. The molecule has 2 aromatic rings. The van der Waals surface area contributed by atoms with Crippen molar-refractivity contribution >= 4 is 10.9 Å². The Kier molecular flexibility index (Phi) is 2.27. The first kappa shape index (κ1) is 9.24. The van der Waals surface area contributed by atoms with E-state index in [1.54, 1.807) is 0 Å². The van der Waals surface area contributed by atoms with E-state index in [4.69, 9.17) is 11.5 Å². The molecule has 1 aromatic carbocycles. The van der Waals surface area contributed by atoms with E-state index < -0.39 is 0 Å². The highest BCUT2D eigenvalue weighted by molar-refractivity contribution is 5.86. The minimum absolute atomic E-state index is 0.0782. The fourth-order valence-electron chi connectivity index (χ4n) is 1.76. The average Bonchev–Trinajstić information content (AvgIpc) is 2.62. The van der Waals surface area contributed by atoms with E-state index in [0.29, 0.717) is 6.54 Å². The predicted molar refractivity (Wildman–Crippen MR) is 59.0 cm³/mol. The highest BCUT2D eigenvalue weighted by atomic mass is 14.8. The lowest BCUT2D eigenvalue weighted by molar-refractivity contribution is 0.743. The maximum atomic E-state index is 5.91. The molecule has 0 unspecified atom stereocenters. The Bertz CT molecular complexity index is 445. The molecule has 14 heavy (non-hydrogen) atoms. The number of nitrogens with one attached hydrogen (secondary N) is 1. The van der Waals surface area contributed by atoms with Gasteiger partial charge in [0.05, 0.1) is 0 Å². The van der Waals surface area contributed by atoms with E-state index in [0.717, 1.165) is 11.1 Å². The fourth-order valence-corrected chi connectivity index (χ4v) is 1.76. The maximum absolute atomic E-state index is 5.91. The van der Waals surface area contributed by atoms with Crippen LogP contribution in [0.15, 0.2) is 24.4 Å². The van der Waals surface area contributed by atoms with Gasteiger partial charge in [-0.2, -0.15) is 0 Å². The Morgan fingerprint density at radius 3 is 2.93 bits per heavy atom. The van der Waals surface area contributed by atoms with Gasteiger partial charge in [0.2, 0.25) is 0 Å². The fraction of sp³-hybridized carbons (Fsp3) is 0.273. The van der Waals surface area contributed by atoms with Crippen LogP contribution in [0.4, 0.5) is 0 Å². The summed E-state index contributed by atoms with van der Waals surface area (Å²) in [7, 11) is 0. The van der Waals surface area contributed by atoms with Crippen LogP contribution in [0.5, 0.6) is 0 Å². The molecular weight excluding hydrogens is 174 g/mol. The van der Waals surface area contributed by atoms with Gasteiger partial charge in [-0.25, -0.2) is 0 Å². The van der Waals surface area contributed by atoms with Crippen molar-refractivity contribution in [3.8, 4) is 0 Å². The molecule has 0 saturated heterocycles. The van der Waals surface area contributed by atoms with Crippen LogP contribution in [0.1, 0.15) is 17.2 Å². The van der Waals surface area contributed by atoms with Crippen molar-refractivity contribution in [3.63, 3.8) is 0 Å². The topological polar surface area (TPSA) is 67.8 Å². The molecule has 0 amide bonds. The lowest BCUT2D eigenvalue weighted by Crippen LogP contribution is -2.20. The van der Waals surface area contributed by atoms with Gasteiger partial charge in [0.1, 0.15) is 0 Å². The van der Waals surface area contributed by atoms with Crippen LogP contribution in [0.3, 0.4) is 0 Å². The molecule has 0 aliphatic rings. The highest BCUT2D eigenvalue weighted by Crippen LogP contribution is 2.24. The SMILES string of the molecule is Cc1cccc2c([C@H](N)CN)c[nH]c12. The molecule has 74 valence electrons. The van der Waals surface area contributed by atoms with Crippen LogP contribution in [-0.2, 0) is 0 Å². The van der Waals surface area contributed by atoms with Gasteiger partial charge >= 0.3 is 0 Å². The summed E-state index contributed by atoms with van der Waals surface area (Å²) in [6.07, 6.45) is 1.95. The van der Waals surface area contributed by atoms with Gasteiger partial charge in [0.25, 0.3) is 0 Å². The van der Waals surface area contributed by atoms with Gasteiger partial charge in [0.15, 0.2) is 0 Å². The molecule has 0 bridgehead atoms. The second kappa shape index (κ2) is 3.44. The Labute approximate surface area is 83.1 Å². The lowest BCUT2D eigenvalue weighted by atomic mass is 10.1. The molecule has 5 N–H and O–H groups in total. The zero-order valence-electron chi connectivity index (χ0n) is 8.25. The van der Waals surface area contributed by atoms with Crippen LogP contribution in [-0.4, -0.2) is 11.5 Å². The van der Waals surface area contributed by atoms with Crippen molar-refractivity contribution in [1.29, 1.82) is 0 Å². The standard InChI is InChI=1S/C11H15N3/c1-7-3-2-4-8-9(10(13)5-12)6-14-11(7)8/h2-4,6,10,14H,5,12-13H2,1H3/t10-/m1/s1. The van der Waals surface area contributed by atoms with Crippen molar-refractivity contribution in [2.45, 2.75) is 13.0 Å². The molecule has 2 rings (SSSR count). The van der Waals surface area contributed by atoms with E-state index in [1.165, 1.54) is 10.9 Å². The summed E-state index contributed by atoms with van der Waals surface area (Å²) in [4.78, 5) is 3.24. The summed E-state index contributed by atoms with van der Waals surface area (Å²) < 4.78 is 0. The molecule has 1 heterocycles. The largest absolute Gasteiger partial charge is 0.361 e. The number of para-hydroxylation sites is 1. The number of hydrogen-bond donors (Lipinski definition) is 3. The minimum Gasteiger partial charge on any atom is -0.361 e. The zero-order chi connectivity index (χ0) is 10.1. The van der Waals surface area contributed by atoms with Gasteiger partial charge in [-0.3, -0.25) is 0 Å². The first-order valence-corrected chi connectivity index (χ1v) is 4.76. The third kappa shape index (κ3) is 1.31. The number of hydrogen-bond acceptors (Lipinski definition) is 2. The minimum atomic E-state index is -0.0782. The maximum Gasteiger partial charge on any atom is 0.0487 e. The lowest BCUT2D eigenvalue weighted by Gasteiger charge is -2.06. The van der Waals surface area contributed by atoms with Gasteiger partial charge < -0.3 is 16.5 Å². The molecule has 3 heteroatoms. The van der Waals surface area contributed by atoms with Crippen molar-refractivity contribution in [2.75, 3.05) is 6.54 Å². The summed E-state index contributed by atoms with van der Waals surface area (Å²) in [5.74, 6) is 0. The quantitative estimate of drug-likeness (QED) is 0.669. The van der Waals surface area contributed by atoms with E-state index in [-0.39, 0.29) is 6.04 Å². The van der Waals surface area contributed by atoms with Crippen molar-refractivity contribution in [1.82, 2.24) is 4.98 Å². The summed E-state index contributed by atoms with van der Waals surface area (Å²) >= 11 is 0. The van der Waals surface area contributed by atoms with E-state index in [9.17, 15) is 0 Å². The third-order valence-electron chi connectivity index (χ3n) is 2.61. The van der Waals surface area contributed by atoms with Gasteiger partial charge in [0, 0.05) is 29.7 Å². The van der Waals surface area contributed by atoms with Crippen molar-refractivity contribution in [2.24, 2.45) is 11.5 Å². The Morgan fingerprint density at radius 2 is 2.21 bits per heavy atom. The monoisotopic (exact) mass is 189 g/mol. The van der Waals surface area contributed by atoms with Crippen LogP contribution in [0.2, 0.25) is 0 Å². The van der Waals surface area contributed by atoms with Crippen LogP contribution in [0.25, 0.3) is 10.9 Å². The smallest absolute Gasteiger partial charge is 0.0487 e. The number of rotatable bonds is 2. The molecule has 0 aliphatic carbocycles. The number of nitrogens with two attached hydrogens (primary N) is 2. The number of H-pyrrole nitrogens is 1. The molecule has 1 aromatic heterocycles. The van der Waals surface area contributed by atoms with E-state index in [2.05, 4.69) is 24.0 Å². The Hall–Kier alpha value is -1.32. The molecular formula is C11H15N3. The Morgan fingerprint density at radius 1 is 1.43 bits per heavy atom. The van der Waals surface area contributed by atoms with Gasteiger partial charge in [-0.1, -0.05) is 18.2 Å². The Balaban J connectivity index is 2.63. The molecule has 0 saturated carbocycles. The second-order valence-electron chi connectivity index (χ2n) is 3.58. The van der Waals surface area contributed by atoms with Gasteiger partial charge in [-0.15, -0.1) is 0 Å².